The topological polar surface area (TPSA) is 66.8 Å². The number of esters is 1. The second-order valence-corrected chi connectivity index (χ2v) is 12.9. The number of carbonyl (C=O) groups excluding carboxylic acids is 1. The third-order valence-corrected chi connectivity index (χ3v) is 10.9. The van der Waals surface area contributed by atoms with Crippen LogP contribution >= 0.6 is 0 Å². The largest absolute Gasteiger partial charge is 0.427 e. The number of hydrogen-bond donors (Lipinski definition) is 2. The minimum Gasteiger partial charge on any atom is -0.427 e. The van der Waals surface area contributed by atoms with E-state index in [1.165, 1.54) is 18.9 Å². The number of benzene rings is 1. The number of fused-ring (bicyclic) bond motifs is 5. The van der Waals surface area contributed by atoms with Crippen LogP contribution in [0.4, 0.5) is 0 Å². The van der Waals surface area contributed by atoms with E-state index < -0.39 is 5.60 Å². The van der Waals surface area contributed by atoms with Crippen molar-refractivity contribution in [3.05, 3.63) is 53.6 Å². The third kappa shape index (κ3) is 4.39. The zero-order chi connectivity index (χ0) is 25.7. The molecule has 4 aliphatic carbocycles. The Morgan fingerprint density at radius 2 is 1.86 bits per heavy atom. The van der Waals surface area contributed by atoms with Crippen molar-refractivity contribution in [2.45, 2.75) is 97.2 Å². The van der Waals surface area contributed by atoms with Gasteiger partial charge in [-0.05, 0) is 117 Å². The van der Waals surface area contributed by atoms with Crippen molar-refractivity contribution in [3.8, 4) is 5.75 Å². The molecular weight excluding hydrogens is 448 g/mol. The SMILES string of the molecule is CC(=O)Oc1cccc(CC=CC[C@@H]2CC3=C[C@@H](O)CC[C@]3(C)C3CC[C@@]4(C)C(CC[C@]4(C)O)C32)c1. The summed E-state index contributed by atoms with van der Waals surface area (Å²) >= 11 is 0. The lowest BCUT2D eigenvalue weighted by Crippen LogP contribution is -2.56. The van der Waals surface area contributed by atoms with E-state index in [-0.39, 0.29) is 22.9 Å². The summed E-state index contributed by atoms with van der Waals surface area (Å²) in [7, 11) is 0. The Bertz CT molecular complexity index is 1050. The molecule has 0 amide bonds. The van der Waals surface area contributed by atoms with Crippen LogP contribution in [-0.4, -0.2) is 27.9 Å². The standard InChI is InChI=1S/C32H44O4/c1-21(33)36-26-11-7-9-22(18-26)8-5-6-10-23-19-24-20-25(34)12-15-30(24,2)27-13-16-31(3)28(29(23)27)14-17-32(31,4)35/h5-7,9,11,18,20,23,25,27-29,34-35H,8,10,12-17,19H2,1-4H3/t23-,25+,27?,28?,29?,30+,31+,32+/m1/s1. The number of ether oxygens (including phenoxy) is 1. The van der Waals surface area contributed by atoms with Gasteiger partial charge in [0.2, 0.25) is 0 Å². The third-order valence-electron chi connectivity index (χ3n) is 10.9. The van der Waals surface area contributed by atoms with Gasteiger partial charge in [-0.25, -0.2) is 0 Å². The molecule has 0 saturated heterocycles. The van der Waals surface area contributed by atoms with E-state index in [1.807, 2.05) is 18.2 Å². The minimum atomic E-state index is -0.574. The molecule has 0 spiro atoms. The molecule has 4 aliphatic rings. The van der Waals surface area contributed by atoms with Gasteiger partial charge in [-0.15, -0.1) is 0 Å². The molecule has 1 aromatic carbocycles. The monoisotopic (exact) mass is 492 g/mol. The lowest BCUT2D eigenvalue weighted by molar-refractivity contribution is -0.132. The van der Waals surface area contributed by atoms with Crippen LogP contribution < -0.4 is 4.74 Å². The Morgan fingerprint density at radius 1 is 1.08 bits per heavy atom. The van der Waals surface area contributed by atoms with Crippen molar-refractivity contribution in [3.63, 3.8) is 0 Å². The van der Waals surface area contributed by atoms with Crippen LogP contribution in [0.1, 0.15) is 84.6 Å². The highest BCUT2D eigenvalue weighted by Gasteiger charge is 2.64. The first-order valence-electron chi connectivity index (χ1n) is 14.1. The Kier molecular flexibility index (Phi) is 6.74. The number of aliphatic hydroxyl groups excluding tert-OH is 1. The lowest BCUT2D eigenvalue weighted by Gasteiger charge is -2.61. The van der Waals surface area contributed by atoms with Gasteiger partial charge < -0.3 is 14.9 Å². The first-order valence-corrected chi connectivity index (χ1v) is 14.1. The van der Waals surface area contributed by atoms with Crippen LogP contribution in [0, 0.1) is 34.5 Å². The summed E-state index contributed by atoms with van der Waals surface area (Å²) in [6.07, 6.45) is 15.7. The first-order chi connectivity index (χ1) is 17.0. The maximum atomic E-state index is 11.4. The fourth-order valence-corrected chi connectivity index (χ4v) is 8.73. The molecule has 0 bridgehead atoms. The quantitative estimate of drug-likeness (QED) is 0.283. The number of hydrogen-bond acceptors (Lipinski definition) is 4. The molecule has 4 heteroatoms. The number of rotatable bonds is 5. The number of carbonyl (C=O) groups is 1. The van der Waals surface area contributed by atoms with Gasteiger partial charge >= 0.3 is 5.97 Å². The van der Waals surface area contributed by atoms with E-state index >= 15 is 0 Å². The van der Waals surface area contributed by atoms with Crippen molar-refractivity contribution >= 4 is 5.97 Å². The van der Waals surface area contributed by atoms with E-state index in [1.54, 1.807) is 0 Å². The van der Waals surface area contributed by atoms with Gasteiger partial charge in [0.1, 0.15) is 5.75 Å². The summed E-state index contributed by atoms with van der Waals surface area (Å²) < 4.78 is 5.24. The summed E-state index contributed by atoms with van der Waals surface area (Å²) in [6.45, 7) is 8.34. The van der Waals surface area contributed by atoms with E-state index in [9.17, 15) is 15.0 Å². The van der Waals surface area contributed by atoms with E-state index in [4.69, 9.17) is 4.74 Å². The fourth-order valence-electron chi connectivity index (χ4n) is 8.73. The maximum absolute atomic E-state index is 11.4. The molecule has 0 aliphatic heterocycles. The predicted octanol–water partition coefficient (Wildman–Crippen LogP) is 6.40. The molecule has 1 aromatic rings. The van der Waals surface area contributed by atoms with Crippen molar-refractivity contribution in [1.29, 1.82) is 0 Å². The molecule has 0 aromatic heterocycles. The molecule has 0 heterocycles. The second-order valence-electron chi connectivity index (χ2n) is 12.9. The molecular formula is C32H44O4. The van der Waals surface area contributed by atoms with Crippen molar-refractivity contribution in [1.82, 2.24) is 0 Å². The summed E-state index contributed by atoms with van der Waals surface area (Å²) in [4.78, 5) is 11.3. The highest BCUT2D eigenvalue weighted by Crippen LogP contribution is 2.69. The average Bonchev–Trinajstić information content (AvgIpc) is 3.06. The summed E-state index contributed by atoms with van der Waals surface area (Å²) in [5.74, 6) is 2.66. The summed E-state index contributed by atoms with van der Waals surface area (Å²) in [5.41, 5.74) is 2.24. The molecule has 3 saturated carbocycles. The zero-order valence-electron chi connectivity index (χ0n) is 22.5. The van der Waals surface area contributed by atoms with Crippen LogP contribution in [0.25, 0.3) is 0 Å². The molecule has 5 rings (SSSR count). The molecule has 36 heavy (non-hydrogen) atoms. The molecule has 4 nitrogen and oxygen atoms in total. The Labute approximate surface area is 216 Å². The van der Waals surface area contributed by atoms with Gasteiger partial charge in [0, 0.05) is 6.92 Å². The van der Waals surface area contributed by atoms with Crippen LogP contribution in [0.3, 0.4) is 0 Å². The second kappa shape index (κ2) is 9.44. The molecule has 196 valence electrons. The van der Waals surface area contributed by atoms with Gasteiger partial charge in [0.25, 0.3) is 0 Å². The minimum absolute atomic E-state index is 0.000951. The van der Waals surface area contributed by atoms with E-state index in [2.05, 4.69) is 45.1 Å². The fraction of sp³-hybridized carbons (Fsp3) is 0.656. The predicted molar refractivity (Wildman–Crippen MR) is 142 cm³/mol. The molecule has 3 fully saturated rings. The summed E-state index contributed by atoms with van der Waals surface area (Å²) in [6, 6.07) is 7.76. The van der Waals surface area contributed by atoms with Crippen molar-refractivity contribution < 1.29 is 19.7 Å². The van der Waals surface area contributed by atoms with Gasteiger partial charge in [0.15, 0.2) is 0 Å². The van der Waals surface area contributed by atoms with Crippen molar-refractivity contribution in [2.24, 2.45) is 34.5 Å². The molecule has 0 radical (unpaired) electrons. The highest BCUT2D eigenvalue weighted by atomic mass is 16.5. The van der Waals surface area contributed by atoms with Crippen LogP contribution in [0.15, 0.2) is 48.1 Å². The molecule has 3 unspecified atom stereocenters. The molecule has 8 atom stereocenters. The zero-order valence-corrected chi connectivity index (χ0v) is 22.5. The van der Waals surface area contributed by atoms with Gasteiger partial charge in [-0.1, -0.05) is 49.8 Å². The highest BCUT2D eigenvalue weighted by molar-refractivity contribution is 5.69. The van der Waals surface area contributed by atoms with E-state index in [0.717, 1.165) is 56.9 Å². The lowest BCUT2D eigenvalue weighted by atomic mass is 9.44. The van der Waals surface area contributed by atoms with Gasteiger partial charge in [-0.3, -0.25) is 4.79 Å². The number of allylic oxidation sites excluding steroid dienone is 3. The first kappa shape index (κ1) is 25.7. The number of aliphatic hydroxyl groups is 2. The van der Waals surface area contributed by atoms with E-state index in [0.29, 0.717) is 29.4 Å². The summed E-state index contributed by atoms with van der Waals surface area (Å²) in [5, 5.41) is 21.9. The van der Waals surface area contributed by atoms with Crippen LogP contribution in [0.5, 0.6) is 5.75 Å². The normalized spacial score (nSPS) is 41.8. The van der Waals surface area contributed by atoms with Crippen LogP contribution in [0.2, 0.25) is 0 Å². The van der Waals surface area contributed by atoms with Gasteiger partial charge in [-0.2, -0.15) is 0 Å². The Morgan fingerprint density at radius 3 is 2.64 bits per heavy atom. The van der Waals surface area contributed by atoms with Gasteiger partial charge in [0.05, 0.1) is 11.7 Å². The van der Waals surface area contributed by atoms with Crippen molar-refractivity contribution in [2.75, 3.05) is 0 Å². The Hall–Kier alpha value is -1.91. The smallest absolute Gasteiger partial charge is 0.308 e. The van der Waals surface area contributed by atoms with Crippen LogP contribution in [-0.2, 0) is 11.2 Å². The molecule has 2 N–H and O–H groups in total. The maximum Gasteiger partial charge on any atom is 0.308 e. The average molecular weight is 493 g/mol. The Balaban J connectivity index is 1.37.